The van der Waals surface area contributed by atoms with Crippen LogP contribution in [0.15, 0.2) is 34.9 Å². The van der Waals surface area contributed by atoms with E-state index in [-0.39, 0.29) is 27.0 Å². The molecule has 28 heavy (non-hydrogen) atoms. The fourth-order valence-corrected chi connectivity index (χ4v) is 2.33. The van der Waals surface area contributed by atoms with Crippen LogP contribution in [0.4, 0.5) is 11.8 Å². The summed E-state index contributed by atoms with van der Waals surface area (Å²) >= 11 is 0. The van der Waals surface area contributed by atoms with Crippen molar-refractivity contribution in [2.75, 3.05) is 50.8 Å². The van der Waals surface area contributed by atoms with Crippen molar-refractivity contribution in [1.82, 2.24) is 14.9 Å². The van der Waals surface area contributed by atoms with Crippen LogP contribution >= 0.6 is 0 Å². The minimum atomic E-state index is -3.62. The van der Waals surface area contributed by atoms with Gasteiger partial charge in [-0.1, -0.05) is 0 Å². The third-order valence-corrected chi connectivity index (χ3v) is 3.65. The van der Waals surface area contributed by atoms with Crippen LogP contribution in [0.3, 0.4) is 0 Å². The molecule has 2 aromatic heterocycles. The normalized spacial score (nSPS) is 27.6. The zero-order chi connectivity index (χ0) is 30.2. The lowest BCUT2D eigenvalue weighted by atomic mass is 10.2. The minimum Gasteiger partial charge on any atom is -0.493 e. The Labute approximate surface area is 178 Å². The third-order valence-electron chi connectivity index (χ3n) is 3.65. The van der Waals surface area contributed by atoms with Crippen molar-refractivity contribution in [3.8, 4) is 11.5 Å². The van der Waals surface area contributed by atoms with Crippen molar-refractivity contribution in [2.24, 2.45) is 0 Å². The monoisotopic (exact) mass is 395 g/mol. The second-order valence-electron chi connectivity index (χ2n) is 5.29. The molecule has 1 saturated heterocycles. The molecule has 0 saturated carbocycles. The van der Waals surface area contributed by atoms with Crippen LogP contribution in [0.25, 0.3) is 10.9 Å². The number of carbonyl (C=O) groups excluding carboxylic acids is 1. The van der Waals surface area contributed by atoms with E-state index in [1.54, 1.807) is 0 Å². The second kappa shape index (κ2) is 7.26. The van der Waals surface area contributed by atoms with Crippen LogP contribution in [-0.2, 0) is 0 Å². The van der Waals surface area contributed by atoms with Crippen molar-refractivity contribution in [2.45, 2.75) is 0 Å². The van der Waals surface area contributed by atoms with Crippen LogP contribution in [-0.4, -0.2) is 61.0 Å². The smallest absolute Gasteiger partial charge is 0.289 e. The van der Waals surface area contributed by atoms with Gasteiger partial charge >= 0.3 is 0 Å². The maximum atomic E-state index is 13.1. The molecular formula is C19H21N5O4. The minimum absolute atomic E-state index is 0.0991. The van der Waals surface area contributed by atoms with E-state index in [1.807, 2.05) is 0 Å². The highest BCUT2D eigenvalue weighted by Gasteiger charge is 2.25. The van der Waals surface area contributed by atoms with Crippen LogP contribution in [0.1, 0.15) is 24.3 Å². The lowest BCUT2D eigenvalue weighted by molar-refractivity contribution is 0.0714. The number of nitrogen functional groups attached to an aromatic ring is 1. The van der Waals surface area contributed by atoms with Gasteiger partial charge in [0.05, 0.1) is 39.7 Å². The molecule has 0 bridgehead atoms. The standard InChI is InChI=1S/C19H21N5O4/c1-26-15-10-12-13(11-16(15)27-2)21-19(22-17(12)20)24-7-5-23(6-8-24)18(25)14-4-3-9-28-14/h3-4,9-11H,5-8H2,1-2H3,(H2,20,21,22)/i5D2,6D2,7D2,8D2,10D,11D/hD2. The Morgan fingerprint density at radius 1 is 1.25 bits per heavy atom. The summed E-state index contributed by atoms with van der Waals surface area (Å²) in [5.74, 6) is -4.51. The molecule has 1 amide bonds. The largest absolute Gasteiger partial charge is 0.493 e. The predicted molar refractivity (Wildman–Crippen MR) is 104 cm³/mol. The Hall–Kier alpha value is -3.49. The average Bonchev–Trinajstić information content (AvgIpc) is 3.39. The van der Waals surface area contributed by atoms with Crippen molar-refractivity contribution in [1.29, 1.82) is 0 Å². The Morgan fingerprint density at radius 2 is 2.00 bits per heavy atom. The topological polar surface area (TPSA) is 107 Å². The number of nitrogens with two attached hydrogens (primary N) is 1. The molecule has 0 spiro atoms. The molecule has 0 aliphatic carbocycles. The SMILES string of the molecule is [2H]c1c(OC)c(OC)c([2H])c2c(N([2H])[2H])nc(N3C([2H])([2H])C([2H])([2H])N(C(=O)c4ccco4)C([2H])([2H])C3([2H])[2H])nc12. The van der Waals surface area contributed by atoms with Gasteiger partial charge in [0, 0.05) is 37.4 Å². The van der Waals surface area contributed by atoms with E-state index in [0.29, 0.717) is 0 Å². The summed E-state index contributed by atoms with van der Waals surface area (Å²) in [5, 5.41) is -0.407. The summed E-state index contributed by atoms with van der Waals surface area (Å²) in [6.07, 6.45) is 1.04. The van der Waals surface area contributed by atoms with Crippen LogP contribution in [0.5, 0.6) is 11.5 Å². The number of furan rings is 1. The molecule has 146 valence electrons. The van der Waals surface area contributed by atoms with Crippen molar-refractivity contribution in [3.63, 3.8) is 0 Å². The fourth-order valence-electron chi connectivity index (χ4n) is 2.33. The summed E-state index contributed by atoms with van der Waals surface area (Å²) < 4.78 is 116. The van der Waals surface area contributed by atoms with Crippen LogP contribution in [0, 0.1) is 0 Å². The van der Waals surface area contributed by atoms with Gasteiger partial charge < -0.3 is 29.4 Å². The lowest BCUT2D eigenvalue weighted by Gasteiger charge is -2.34. The van der Waals surface area contributed by atoms with E-state index in [1.165, 1.54) is 13.2 Å². The van der Waals surface area contributed by atoms with E-state index >= 15 is 0 Å². The number of rotatable bonds is 5. The number of fused-ring (bicyclic) bond motifs is 1. The predicted octanol–water partition coefficient (Wildman–Crippen LogP) is 1.78. The van der Waals surface area contributed by atoms with Gasteiger partial charge in [-0.2, -0.15) is 4.98 Å². The lowest BCUT2D eigenvalue weighted by Crippen LogP contribution is -2.49. The van der Waals surface area contributed by atoms with Gasteiger partial charge in [-0.05, 0) is 18.2 Å². The number of carbonyl (C=O) groups is 1. The fraction of sp³-hybridized carbons (Fsp3) is 0.316. The molecule has 3 heterocycles. The number of methoxy groups -OCH3 is 2. The van der Waals surface area contributed by atoms with Crippen molar-refractivity contribution in [3.05, 3.63) is 36.2 Å². The van der Waals surface area contributed by atoms with E-state index in [9.17, 15) is 4.79 Å². The molecule has 9 heteroatoms. The molecule has 2 N–H and O–H groups in total. The first-order valence-corrected chi connectivity index (χ1v) is 7.78. The number of aromatic nitrogens is 2. The van der Waals surface area contributed by atoms with E-state index in [2.05, 4.69) is 9.97 Å². The molecule has 1 aliphatic heterocycles. The molecule has 1 aromatic carbocycles. The summed E-state index contributed by atoms with van der Waals surface area (Å²) in [6.45, 7) is -14.5. The molecule has 9 nitrogen and oxygen atoms in total. The van der Waals surface area contributed by atoms with Gasteiger partial charge in [0.25, 0.3) is 5.91 Å². The Morgan fingerprint density at radius 3 is 2.64 bits per heavy atom. The number of anilines is 2. The number of benzene rings is 1. The van der Waals surface area contributed by atoms with E-state index in [0.717, 1.165) is 19.4 Å². The quantitative estimate of drug-likeness (QED) is 0.697. The number of hydrogen-bond donors (Lipinski definition) is 1. The first-order valence-electron chi connectivity index (χ1n) is 13.7. The Balaban J connectivity index is 2.06. The summed E-state index contributed by atoms with van der Waals surface area (Å²) in [6, 6.07) is 1.20. The van der Waals surface area contributed by atoms with Gasteiger partial charge in [-0.15, -0.1) is 0 Å². The van der Waals surface area contributed by atoms with Gasteiger partial charge in [0.2, 0.25) is 5.95 Å². The zero-order valence-electron chi connectivity index (χ0n) is 26.6. The van der Waals surface area contributed by atoms with E-state index < -0.39 is 72.4 Å². The van der Waals surface area contributed by atoms with Crippen LogP contribution in [0.2, 0.25) is 2.82 Å². The van der Waals surface area contributed by atoms with Gasteiger partial charge in [0.15, 0.2) is 20.1 Å². The highest BCUT2D eigenvalue weighted by Crippen LogP contribution is 2.34. The molecule has 3 aromatic rings. The highest BCUT2D eigenvalue weighted by molar-refractivity contribution is 5.92. The van der Waals surface area contributed by atoms with Gasteiger partial charge in [-0.25, -0.2) is 4.98 Å². The number of ether oxygens (including phenoxy) is 2. The summed E-state index contributed by atoms with van der Waals surface area (Å²) in [5.41, 5.74) is -0.656. The zero-order valence-corrected chi connectivity index (χ0v) is 14.6. The molecule has 0 atom stereocenters. The number of hydrogen-bond acceptors (Lipinski definition) is 8. The molecule has 0 radical (unpaired) electrons. The van der Waals surface area contributed by atoms with Gasteiger partial charge in [0.1, 0.15) is 5.82 Å². The van der Waals surface area contributed by atoms with Crippen molar-refractivity contribution < 1.29 is 35.2 Å². The maximum absolute atomic E-state index is 13.1. The molecular weight excluding hydrogens is 362 g/mol. The number of nitrogens with zero attached hydrogens (tertiary/aromatic N) is 4. The molecule has 0 unspecified atom stereocenters. The molecule has 1 fully saturated rings. The molecule has 4 rings (SSSR count). The van der Waals surface area contributed by atoms with Crippen molar-refractivity contribution >= 4 is 28.6 Å². The summed E-state index contributed by atoms with van der Waals surface area (Å²) in [4.78, 5) is 20.5. The number of piperazine rings is 1. The summed E-state index contributed by atoms with van der Waals surface area (Å²) in [7, 11) is 2.33. The third kappa shape index (κ3) is 3.15. The number of amides is 1. The van der Waals surface area contributed by atoms with Crippen LogP contribution < -0.4 is 20.1 Å². The van der Waals surface area contributed by atoms with E-state index in [4.69, 9.17) is 30.4 Å². The first kappa shape index (κ1) is 8.68. The first-order chi connectivity index (χ1) is 18.4. The van der Waals surface area contributed by atoms with Gasteiger partial charge in [-0.3, -0.25) is 4.79 Å². The maximum Gasteiger partial charge on any atom is 0.289 e. The highest BCUT2D eigenvalue weighted by atomic mass is 16.5. The Kier molecular flexibility index (Phi) is 2.25. The second-order valence-corrected chi connectivity index (χ2v) is 5.29. The average molecular weight is 395 g/mol. The Bertz CT molecular complexity index is 1460. The molecule has 1 aliphatic rings.